The van der Waals surface area contributed by atoms with E-state index in [2.05, 4.69) is 14.5 Å². The van der Waals surface area contributed by atoms with E-state index in [1.165, 1.54) is 0 Å². The van der Waals surface area contributed by atoms with Crippen LogP contribution in [0.15, 0.2) is 36.1 Å². The number of rotatable bonds is 5. The first-order chi connectivity index (χ1) is 12.4. The molecule has 1 saturated heterocycles. The fourth-order valence-corrected chi connectivity index (χ4v) is 4.08. The van der Waals surface area contributed by atoms with Crippen molar-refractivity contribution in [3.8, 4) is 10.4 Å². The first kappa shape index (κ1) is 17.7. The standard InChI is InChI=1S/C15H16N3O6PS/c19-10-6-13(24-11(10)7-23-25(20,21)22)18-8-17-14-9(3-4-16-15(14)18)12-2-1-5-26-12/h1-5,8,10-11,13,19H,6-7H2,(H2,20,21,22)/t10-,11+,13+/m0/s1. The van der Waals surface area contributed by atoms with E-state index in [0.29, 0.717) is 5.65 Å². The SMILES string of the molecule is O=P(O)(O)OC[C@H]1O[C@@H](n2cnc3c(-c4cccs4)ccnc32)C[C@@H]1O. The van der Waals surface area contributed by atoms with Gasteiger partial charge in [0.2, 0.25) is 0 Å². The molecule has 3 aromatic rings. The number of nitrogens with zero attached hydrogens (tertiary/aromatic N) is 3. The molecule has 0 aliphatic carbocycles. The van der Waals surface area contributed by atoms with Crippen molar-refractivity contribution in [1.29, 1.82) is 0 Å². The van der Waals surface area contributed by atoms with Gasteiger partial charge in [0.25, 0.3) is 0 Å². The predicted molar refractivity (Wildman–Crippen MR) is 93.4 cm³/mol. The first-order valence-electron chi connectivity index (χ1n) is 7.81. The fraction of sp³-hybridized carbons (Fsp3) is 0.333. The summed E-state index contributed by atoms with van der Waals surface area (Å²) < 4.78 is 22.7. The smallest absolute Gasteiger partial charge is 0.390 e. The van der Waals surface area contributed by atoms with Gasteiger partial charge in [0.1, 0.15) is 17.8 Å². The highest BCUT2D eigenvalue weighted by Gasteiger charge is 2.37. The highest BCUT2D eigenvalue weighted by atomic mass is 32.1. The van der Waals surface area contributed by atoms with Crippen LogP contribution in [0, 0.1) is 0 Å². The molecule has 1 aliphatic rings. The minimum atomic E-state index is -4.62. The molecular weight excluding hydrogens is 381 g/mol. The molecule has 3 aromatic heterocycles. The molecule has 1 aliphatic heterocycles. The van der Waals surface area contributed by atoms with E-state index in [1.54, 1.807) is 28.4 Å². The third kappa shape index (κ3) is 3.45. The van der Waals surface area contributed by atoms with Crippen LogP contribution in [0.1, 0.15) is 12.6 Å². The van der Waals surface area contributed by atoms with Crippen LogP contribution in [-0.4, -0.2) is 48.2 Å². The van der Waals surface area contributed by atoms with Crippen molar-refractivity contribution in [2.75, 3.05) is 6.61 Å². The molecule has 0 radical (unpaired) electrons. The fourth-order valence-electron chi connectivity index (χ4n) is 2.98. The number of imidazole rings is 1. The summed E-state index contributed by atoms with van der Waals surface area (Å²) in [5.74, 6) is 0. The highest BCUT2D eigenvalue weighted by molar-refractivity contribution is 7.46. The van der Waals surface area contributed by atoms with E-state index < -0.39 is 32.9 Å². The van der Waals surface area contributed by atoms with Crippen LogP contribution >= 0.6 is 19.2 Å². The lowest BCUT2D eigenvalue weighted by molar-refractivity contribution is -0.0424. The zero-order valence-corrected chi connectivity index (χ0v) is 15.1. The topological polar surface area (TPSA) is 127 Å². The summed E-state index contributed by atoms with van der Waals surface area (Å²) in [6.45, 7) is -0.400. The highest BCUT2D eigenvalue weighted by Crippen LogP contribution is 2.39. The molecule has 4 heterocycles. The summed E-state index contributed by atoms with van der Waals surface area (Å²) in [7, 11) is -4.62. The summed E-state index contributed by atoms with van der Waals surface area (Å²) in [4.78, 5) is 27.5. The van der Waals surface area contributed by atoms with Crippen molar-refractivity contribution in [3.63, 3.8) is 0 Å². The second kappa shape index (κ2) is 6.82. The molecule has 4 rings (SSSR count). The zero-order valence-electron chi connectivity index (χ0n) is 13.4. The van der Waals surface area contributed by atoms with Gasteiger partial charge in [-0.15, -0.1) is 11.3 Å². The number of pyridine rings is 1. The molecule has 0 spiro atoms. The Morgan fingerprint density at radius 3 is 2.96 bits per heavy atom. The van der Waals surface area contributed by atoms with Gasteiger partial charge in [-0.3, -0.25) is 9.09 Å². The summed E-state index contributed by atoms with van der Waals surface area (Å²) in [6.07, 6.45) is 1.22. The number of phosphoric acid groups is 1. The Balaban J connectivity index is 1.60. The normalized spacial score (nSPS) is 23.7. The number of hydrogen-bond donors (Lipinski definition) is 3. The van der Waals surface area contributed by atoms with E-state index in [0.717, 1.165) is 16.0 Å². The third-order valence-corrected chi connectivity index (χ3v) is 5.56. The molecule has 0 aromatic carbocycles. The second-order valence-corrected chi connectivity index (χ2v) is 8.07. The van der Waals surface area contributed by atoms with E-state index in [-0.39, 0.29) is 6.42 Å². The van der Waals surface area contributed by atoms with Gasteiger partial charge in [0.05, 0.1) is 19.0 Å². The molecule has 26 heavy (non-hydrogen) atoms. The van der Waals surface area contributed by atoms with Gasteiger partial charge >= 0.3 is 7.82 Å². The Bertz CT molecular complexity index is 956. The van der Waals surface area contributed by atoms with Gasteiger partial charge in [0, 0.05) is 23.1 Å². The van der Waals surface area contributed by atoms with Crippen LogP contribution in [0.3, 0.4) is 0 Å². The lowest BCUT2D eigenvalue weighted by atomic mass is 10.2. The second-order valence-electron chi connectivity index (χ2n) is 5.88. The quantitative estimate of drug-likeness (QED) is 0.557. The zero-order chi connectivity index (χ0) is 18.3. The molecule has 0 amide bonds. The summed E-state index contributed by atoms with van der Waals surface area (Å²) in [5, 5.41) is 12.1. The van der Waals surface area contributed by atoms with Crippen LogP contribution < -0.4 is 0 Å². The Hall–Kier alpha value is -1.65. The first-order valence-corrected chi connectivity index (χ1v) is 10.2. The molecule has 0 unspecified atom stereocenters. The van der Waals surface area contributed by atoms with Gasteiger partial charge in [-0.05, 0) is 17.5 Å². The van der Waals surface area contributed by atoms with Crippen molar-refractivity contribution >= 4 is 30.3 Å². The van der Waals surface area contributed by atoms with Crippen LogP contribution in [0.2, 0.25) is 0 Å². The third-order valence-electron chi connectivity index (χ3n) is 4.17. The number of thiophene rings is 1. The van der Waals surface area contributed by atoms with Gasteiger partial charge in [-0.2, -0.15) is 0 Å². The number of aliphatic hydroxyl groups excluding tert-OH is 1. The molecule has 1 fully saturated rings. The molecule has 3 atom stereocenters. The van der Waals surface area contributed by atoms with Crippen LogP contribution in [-0.2, 0) is 13.8 Å². The molecule has 9 nitrogen and oxygen atoms in total. The monoisotopic (exact) mass is 397 g/mol. The maximum atomic E-state index is 10.8. The number of hydrogen-bond acceptors (Lipinski definition) is 7. The number of ether oxygens (including phenoxy) is 1. The molecule has 0 bridgehead atoms. The largest absolute Gasteiger partial charge is 0.469 e. The Morgan fingerprint density at radius 1 is 1.38 bits per heavy atom. The van der Waals surface area contributed by atoms with Crippen molar-refractivity contribution in [1.82, 2.24) is 14.5 Å². The summed E-state index contributed by atoms with van der Waals surface area (Å²) in [6, 6.07) is 5.86. The van der Waals surface area contributed by atoms with Crippen molar-refractivity contribution in [2.45, 2.75) is 24.9 Å². The molecule has 0 saturated carbocycles. The minimum absolute atomic E-state index is 0.242. The Kier molecular flexibility index (Phi) is 4.66. The number of aromatic nitrogens is 3. The molecular formula is C15H16N3O6PS. The van der Waals surface area contributed by atoms with Gasteiger partial charge in [-0.25, -0.2) is 14.5 Å². The van der Waals surface area contributed by atoms with E-state index in [9.17, 15) is 9.67 Å². The van der Waals surface area contributed by atoms with Gasteiger partial charge in [0.15, 0.2) is 5.65 Å². The lowest BCUT2D eigenvalue weighted by Crippen LogP contribution is -2.25. The van der Waals surface area contributed by atoms with Crippen LogP contribution in [0.25, 0.3) is 21.6 Å². The average molecular weight is 397 g/mol. The van der Waals surface area contributed by atoms with Crippen LogP contribution in [0.5, 0.6) is 0 Å². The maximum Gasteiger partial charge on any atom is 0.469 e. The van der Waals surface area contributed by atoms with E-state index in [1.807, 2.05) is 23.6 Å². The van der Waals surface area contributed by atoms with Crippen molar-refractivity contribution in [2.24, 2.45) is 0 Å². The van der Waals surface area contributed by atoms with Crippen molar-refractivity contribution < 1.29 is 28.7 Å². The minimum Gasteiger partial charge on any atom is -0.390 e. The van der Waals surface area contributed by atoms with Gasteiger partial charge in [-0.1, -0.05) is 6.07 Å². The number of phosphoric ester groups is 1. The van der Waals surface area contributed by atoms with E-state index in [4.69, 9.17) is 14.5 Å². The Morgan fingerprint density at radius 2 is 2.23 bits per heavy atom. The predicted octanol–water partition coefficient (Wildman–Crippen LogP) is 1.92. The Labute approximate surface area is 152 Å². The summed E-state index contributed by atoms with van der Waals surface area (Å²) >= 11 is 1.60. The number of fused-ring (bicyclic) bond motifs is 1. The maximum absolute atomic E-state index is 10.8. The van der Waals surface area contributed by atoms with Crippen LogP contribution in [0.4, 0.5) is 0 Å². The van der Waals surface area contributed by atoms with Crippen molar-refractivity contribution in [3.05, 3.63) is 36.1 Å². The number of aliphatic hydroxyl groups is 1. The molecule has 11 heteroatoms. The molecule has 3 N–H and O–H groups in total. The summed E-state index contributed by atoms with van der Waals surface area (Å²) in [5.41, 5.74) is 2.30. The molecule has 138 valence electrons. The average Bonchev–Trinajstić information content (AvgIpc) is 3.31. The lowest BCUT2D eigenvalue weighted by Gasteiger charge is -2.16. The van der Waals surface area contributed by atoms with E-state index >= 15 is 0 Å². The van der Waals surface area contributed by atoms with Gasteiger partial charge < -0.3 is 19.6 Å².